The molecule has 1 aliphatic heterocycles. The van der Waals surface area contributed by atoms with Crippen molar-refractivity contribution in [3.05, 3.63) is 35.7 Å². The monoisotopic (exact) mass is 353 g/mol. The first-order valence-electron chi connectivity index (χ1n) is 9.49. The standard InChI is InChI=1S/C20H27N5O/c1-12-5-4-6-16(9-12)25-11-15(10-22-25)13(2)18-17(14-7-8-14)19(26)24(3)20(21)23-18/h5,9-11,13-14,17-18H,4,6-8H2,1-3H3,(H2,21,23)/t13?,17-,18?/m1/s1. The highest BCUT2D eigenvalue weighted by molar-refractivity contribution is 5.99. The lowest BCUT2D eigenvalue weighted by Gasteiger charge is -2.35. The molecular formula is C20H27N5O. The highest BCUT2D eigenvalue weighted by Crippen LogP contribution is 2.45. The van der Waals surface area contributed by atoms with E-state index < -0.39 is 0 Å². The van der Waals surface area contributed by atoms with E-state index in [0.29, 0.717) is 11.9 Å². The van der Waals surface area contributed by atoms with Crippen LogP contribution in [0.5, 0.6) is 0 Å². The SMILES string of the molecule is CC1=CCCC(n2cc(C(C)C3N=C(N)N(C)C(=O)[C@@H]3C3CC3)cn2)=C1. The van der Waals surface area contributed by atoms with Crippen LogP contribution in [0.2, 0.25) is 0 Å². The molecule has 2 N–H and O–H groups in total. The molecule has 1 saturated carbocycles. The van der Waals surface area contributed by atoms with E-state index in [9.17, 15) is 4.79 Å². The van der Waals surface area contributed by atoms with Gasteiger partial charge in [-0.3, -0.25) is 9.69 Å². The summed E-state index contributed by atoms with van der Waals surface area (Å²) in [5.41, 5.74) is 9.62. The van der Waals surface area contributed by atoms with Crippen LogP contribution in [0.15, 0.2) is 35.1 Å². The summed E-state index contributed by atoms with van der Waals surface area (Å²) in [6.45, 7) is 4.26. The van der Waals surface area contributed by atoms with Crippen molar-refractivity contribution in [2.75, 3.05) is 7.05 Å². The van der Waals surface area contributed by atoms with E-state index in [1.807, 2.05) is 10.9 Å². The predicted octanol–water partition coefficient (Wildman–Crippen LogP) is 2.75. The molecule has 138 valence electrons. The maximum absolute atomic E-state index is 12.8. The summed E-state index contributed by atoms with van der Waals surface area (Å²) >= 11 is 0. The predicted molar refractivity (Wildman–Crippen MR) is 102 cm³/mol. The van der Waals surface area contributed by atoms with Crippen molar-refractivity contribution in [3.8, 4) is 0 Å². The Hall–Kier alpha value is -2.37. The molecule has 6 nitrogen and oxygen atoms in total. The number of allylic oxidation sites excluding steroid dienone is 4. The largest absolute Gasteiger partial charge is 0.369 e. The van der Waals surface area contributed by atoms with E-state index in [2.05, 4.69) is 37.3 Å². The minimum absolute atomic E-state index is 0.0651. The summed E-state index contributed by atoms with van der Waals surface area (Å²) in [6, 6.07) is -0.106. The van der Waals surface area contributed by atoms with E-state index in [4.69, 9.17) is 10.7 Å². The quantitative estimate of drug-likeness (QED) is 0.904. The van der Waals surface area contributed by atoms with Crippen molar-refractivity contribution < 1.29 is 4.79 Å². The zero-order valence-electron chi connectivity index (χ0n) is 15.7. The summed E-state index contributed by atoms with van der Waals surface area (Å²) in [4.78, 5) is 19.0. The van der Waals surface area contributed by atoms with Gasteiger partial charge in [0.25, 0.3) is 0 Å². The molecule has 1 amide bonds. The van der Waals surface area contributed by atoms with Crippen molar-refractivity contribution in [1.29, 1.82) is 0 Å². The zero-order valence-corrected chi connectivity index (χ0v) is 15.7. The van der Waals surface area contributed by atoms with Gasteiger partial charge < -0.3 is 5.73 Å². The molecule has 0 bridgehead atoms. The molecule has 0 radical (unpaired) electrons. The van der Waals surface area contributed by atoms with Crippen LogP contribution in [0.4, 0.5) is 0 Å². The number of carbonyl (C=O) groups excluding carboxylic acids is 1. The number of carbonyl (C=O) groups is 1. The lowest BCUT2D eigenvalue weighted by Crippen LogP contribution is -2.52. The van der Waals surface area contributed by atoms with Gasteiger partial charge >= 0.3 is 0 Å². The van der Waals surface area contributed by atoms with E-state index in [1.54, 1.807) is 7.05 Å². The molecule has 1 fully saturated rings. The Balaban J connectivity index is 1.62. The van der Waals surface area contributed by atoms with Crippen LogP contribution in [0, 0.1) is 11.8 Å². The van der Waals surface area contributed by atoms with Crippen LogP contribution in [0.25, 0.3) is 5.70 Å². The van der Waals surface area contributed by atoms with Gasteiger partial charge in [-0.15, -0.1) is 0 Å². The fourth-order valence-corrected chi connectivity index (χ4v) is 4.11. The molecule has 2 unspecified atom stereocenters. The fourth-order valence-electron chi connectivity index (χ4n) is 4.11. The van der Waals surface area contributed by atoms with Gasteiger partial charge in [0.1, 0.15) is 0 Å². The van der Waals surface area contributed by atoms with Gasteiger partial charge in [0.2, 0.25) is 5.91 Å². The molecule has 6 heteroatoms. The summed E-state index contributed by atoms with van der Waals surface area (Å²) in [6.07, 6.45) is 12.7. The Morgan fingerprint density at radius 3 is 2.81 bits per heavy atom. The van der Waals surface area contributed by atoms with Crippen LogP contribution in [0.3, 0.4) is 0 Å². The molecule has 3 aliphatic rings. The number of nitrogens with zero attached hydrogens (tertiary/aromatic N) is 4. The number of nitrogens with two attached hydrogens (primary N) is 1. The first-order chi connectivity index (χ1) is 12.5. The number of hydrogen-bond acceptors (Lipinski definition) is 4. The molecule has 0 spiro atoms. The average Bonchev–Trinajstić information content (AvgIpc) is 3.33. The van der Waals surface area contributed by atoms with Gasteiger partial charge in [-0.25, -0.2) is 9.67 Å². The third-order valence-corrected chi connectivity index (χ3v) is 5.93. The highest BCUT2D eigenvalue weighted by Gasteiger charge is 2.47. The molecule has 1 aromatic heterocycles. The van der Waals surface area contributed by atoms with Crippen molar-refractivity contribution >= 4 is 17.6 Å². The van der Waals surface area contributed by atoms with Crippen molar-refractivity contribution in [2.24, 2.45) is 22.6 Å². The molecule has 2 heterocycles. The van der Waals surface area contributed by atoms with Crippen LogP contribution in [-0.2, 0) is 4.79 Å². The highest BCUT2D eigenvalue weighted by atomic mass is 16.2. The van der Waals surface area contributed by atoms with Gasteiger partial charge in [0.15, 0.2) is 5.96 Å². The van der Waals surface area contributed by atoms with Crippen LogP contribution in [-0.4, -0.2) is 39.6 Å². The van der Waals surface area contributed by atoms with Crippen LogP contribution < -0.4 is 5.73 Å². The molecule has 26 heavy (non-hydrogen) atoms. The molecule has 0 saturated heterocycles. The van der Waals surface area contributed by atoms with E-state index in [0.717, 1.165) is 31.2 Å². The summed E-state index contributed by atoms with van der Waals surface area (Å²) < 4.78 is 1.97. The zero-order chi connectivity index (χ0) is 18.4. The van der Waals surface area contributed by atoms with Gasteiger partial charge in [-0.2, -0.15) is 5.10 Å². The van der Waals surface area contributed by atoms with Gasteiger partial charge in [0.05, 0.1) is 18.2 Å². The van der Waals surface area contributed by atoms with Crippen molar-refractivity contribution in [1.82, 2.24) is 14.7 Å². The Morgan fingerprint density at radius 2 is 2.12 bits per heavy atom. The Morgan fingerprint density at radius 1 is 1.35 bits per heavy atom. The number of amides is 1. The Bertz CT molecular complexity index is 814. The Labute approximate surface area is 154 Å². The normalized spacial score (nSPS) is 27.7. The minimum Gasteiger partial charge on any atom is -0.369 e. The van der Waals surface area contributed by atoms with Crippen molar-refractivity contribution in [2.45, 2.75) is 51.5 Å². The van der Waals surface area contributed by atoms with E-state index in [-0.39, 0.29) is 23.8 Å². The molecule has 1 aromatic rings. The minimum atomic E-state index is -0.106. The molecule has 4 rings (SSSR count). The van der Waals surface area contributed by atoms with Crippen LogP contribution in [0.1, 0.15) is 51.0 Å². The van der Waals surface area contributed by atoms with E-state index >= 15 is 0 Å². The molecular weight excluding hydrogens is 326 g/mol. The lowest BCUT2D eigenvalue weighted by molar-refractivity contribution is -0.133. The fraction of sp³-hybridized carbons (Fsp3) is 0.550. The number of aromatic nitrogens is 2. The average molecular weight is 353 g/mol. The first kappa shape index (κ1) is 17.1. The third kappa shape index (κ3) is 2.97. The van der Waals surface area contributed by atoms with Gasteiger partial charge in [-0.05, 0) is 50.2 Å². The second-order valence-corrected chi connectivity index (χ2v) is 7.87. The van der Waals surface area contributed by atoms with Crippen molar-refractivity contribution in [3.63, 3.8) is 0 Å². The van der Waals surface area contributed by atoms with Gasteiger partial charge in [-0.1, -0.05) is 18.6 Å². The van der Waals surface area contributed by atoms with E-state index in [1.165, 1.54) is 16.2 Å². The number of aliphatic imine (C=N–C) groups is 1. The first-order valence-corrected chi connectivity index (χ1v) is 9.49. The van der Waals surface area contributed by atoms with Gasteiger partial charge in [0, 0.05) is 24.9 Å². The second kappa shape index (κ2) is 6.41. The maximum atomic E-state index is 12.8. The molecule has 3 atom stereocenters. The second-order valence-electron chi connectivity index (χ2n) is 7.87. The van der Waals surface area contributed by atoms with Crippen LogP contribution >= 0.6 is 0 Å². The lowest BCUT2D eigenvalue weighted by atomic mass is 9.82. The summed E-state index contributed by atoms with van der Waals surface area (Å²) in [5, 5.41) is 4.57. The maximum Gasteiger partial charge on any atom is 0.234 e. The number of rotatable bonds is 4. The summed E-state index contributed by atoms with van der Waals surface area (Å²) in [5.74, 6) is 0.918. The smallest absolute Gasteiger partial charge is 0.234 e. The molecule has 0 aromatic carbocycles. The Kier molecular flexibility index (Phi) is 4.21. The summed E-state index contributed by atoms with van der Waals surface area (Å²) in [7, 11) is 1.72. The number of guanidine groups is 1. The third-order valence-electron chi connectivity index (χ3n) is 5.93. The number of hydrogen-bond donors (Lipinski definition) is 1. The topological polar surface area (TPSA) is 76.5 Å². The molecule has 2 aliphatic carbocycles.